The van der Waals surface area contributed by atoms with Gasteiger partial charge in [-0.2, -0.15) is 0 Å². The van der Waals surface area contributed by atoms with Crippen LogP contribution in [0.4, 0.5) is 11.4 Å². The molecular formula is C14H19BrN2O2. The molecule has 1 aliphatic rings. The molecular weight excluding hydrogens is 308 g/mol. The Morgan fingerprint density at radius 1 is 1.42 bits per heavy atom. The van der Waals surface area contributed by atoms with Crippen LogP contribution in [0.5, 0.6) is 0 Å². The summed E-state index contributed by atoms with van der Waals surface area (Å²) in [5.74, 6) is 0. The molecule has 0 saturated carbocycles. The maximum absolute atomic E-state index is 11.3. The Morgan fingerprint density at radius 3 is 2.89 bits per heavy atom. The van der Waals surface area contributed by atoms with Gasteiger partial charge in [0.25, 0.3) is 5.69 Å². The highest BCUT2D eigenvalue weighted by molar-refractivity contribution is 9.08. The minimum absolute atomic E-state index is 0.228. The van der Waals surface area contributed by atoms with Gasteiger partial charge in [0.05, 0.1) is 4.92 Å². The average Bonchev–Trinajstić information content (AvgIpc) is 2.62. The van der Waals surface area contributed by atoms with Crippen LogP contribution in [0.1, 0.15) is 38.2 Å². The average molecular weight is 327 g/mol. The molecule has 0 amide bonds. The van der Waals surface area contributed by atoms with Gasteiger partial charge in [-0.25, -0.2) is 0 Å². The number of rotatable bonds is 3. The lowest BCUT2D eigenvalue weighted by molar-refractivity contribution is -0.384. The molecule has 0 aromatic heterocycles. The smallest absolute Gasteiger partial charge is 0.292 e. The fourth-order valence-electron chi connectivity index (χ4n) is 2.67. The highest BCUT2D eigenvalue weighted by Crippen LogP contribution is 2.33. The number of alkyl halides is 1. The Balaban J connectivity index is 2.39. The molecule has 4 nitrogen and oxygen atoms in total. The number of anilines is 1. The van der Waals surface area contributed by atoms with Crippen LogP contribution in [0.15, 0.2) is 18.2 Å². The number of nitro benzene ring substituents is 1. The van der Waals surface area contributed by atoms with Gasteiger partial charge in [0.15, 0.2) is 0 Å². The highest BCUT2D eigenvalue weighted by Gasteiger charge is 2.24. The zero-order chi connectivity index (χ0) is 13.8. The summed E-state index contributed by atoms with van der Waals surface area (Å²) in [6, 6.07) is 5.92. The van der Waals surface area contributed by atoms with E-state index in [-0.39, 0.29) is 10.6 Å². The summed E-state index contributed by atoms with van der Waals surface area (Å²) in [5, 5.41) is 11.9. The van der Waals surface area contributed by atoms with Gasteiger partial charge in [0.1, 0.15) is 5.69 Å². The molecule has 1 unspecified atom stereocenters. The number of nitro groups is 1. The van der Waals surface area contributed by atoms with E-state index in [1.807, 2.05) is 12.1 Å². The van der Waals surface area contributed by atoms with Crippen molar-refractivity contribution in [3.05, 3.63) is 33.9 Å². The quantitative estimate of drug-likeness (QED) is 0.473. The van der Waals surface area contributed by atoms with E-state index in [0.29, 0.717) is 11.4 Å². The first kappa shape index (κ1) is 14.3. The van der Waals surface area contributed by atoms with Gasteiger partial charge in [0, 0.05) is 24.0 Å². The van der Waals surface area contributed by atoms with Gasteiger partial charge in [-0.3, -0.25) is 10.1 Å². The Morgan fingerprint density at radius 2 is 2.21 bits per heavy atom. The van der Waals surface area contributed by atoms with E-state index >= 15 is 0 Å². The van der Waals surface area contributed by atoms with Gasteiger partial charge >= 0.3 is 0 Å². The van der Waals surface area contributed by atoms with Gasteiger partial charge in [-0.05, 0) is 31.4 Å². The lowest BCUT2D eigenvalue weighted by Crippen LogP contribution is -2.32. The Hall–Kier alpha value is -1.10. The lowest BCUT2D eigenvalue weighted by Gasteiger charge is -2.29. The zero-order valence-electron chi connectivity index (χ0n) is 11.1. The minimum Gasteiger partial charge on any atom is -0.363 e. The lowest BCUT2D eigenvalue weighted by atomic mass is 10.1. The normalized spacial score (nSPS) is 20.1. The van der Waals surface area contributed by atoms with E-state index in [2.05, 4.69) is 27.8 Å². The molecule has 0 radical (unpaired) electrons. The molecule has 0 spiro atoms. The molecule has 0 N–H and O–H groups in total. The largest absolute Gasteiger partial charge is 0.363 e. The molecule has 19 heavy (non-hydrogen) atoms. The third kappa shape index (κ3) is 3.26. The van der Waals surface area contributed by atoms with Crippen molar-refractivity contribution in [2.24, 2.45) is 0 Å². The Kier molecular flexibility index (Phi) is 4.80. The van der Waals surface area contributed by atoms with Crippen LogP contribution < -0.4 is 4.90 Å². The molecule has 1 aromatic rings. The van der Waals surface area contributed by atoms with Crippen LogP contribution in [-0.4, -0.2) is 17.5 Å². The second kappa shape index (κ2) is 6.37. The number of hydrogen-bond acceptors (Lipinski definition) is 3. The van der Waals surface area contributed by atoms with Crippen molar-refractivity contribution in [1.82, 2.24) is 0 Å². The third-order valence-electron chi connectivity index (χ3n) is 3.75. The van der Waals surface area contributed by atoms with Gasteiger partial charge in [0.2, 0.25) is 0 Å². The molecule has 1 atom stereocenters. The third-order valence-corrected chi connectivity index (χ3v) is 4.40. The Labute approximate surface area is 122 Å². The van der Waals surface area contributed by atoms with Crippen LogP contribution in [0.25, 0.3) is 0 Å². The summed E-state index contributed by atoms with van der Waals surface area (Å²) < 4.78 is 0. The summed E-state index contributed by atoms with van der Waals surface area (Å²) in [6.07, 6.45) is 4.65. The van der Waals surface area contributed by atoms with E-state index in [9.17, 15) is 10.1 Å². The van der Waals surface area contributed by atoms with Crippen LogP contribution in [0.2, 0.25) is 0 Å². The standard InChI is InChI=1S/C14H19BrN2O2/c1-11-5-3-2-4-8-16(11)13-7-6-12(10-15)9-14(13)17(18)19/h6-7,9,11H,2-5,8,10H2,1H3. The maximum atomic E-state index is 11.3. The molecule has 1 aliphatic heterocycles. The predicted octanol–water partition coefficient (Wildman–Crippen LogP) is 4.26. The van der Waals surface area contributed by atoms with Crippen molar-refractivity contribution in [2.45, 2.75) is 44.0 Å². The summed E-state index contributed by atoms with van der Waals surface area (Å²) in [6.45, 7) is 3.07. The number of halogens is 1. The summed E-state index contributed by atoms with van der Waals surface area (Å²) in [5.41, 5.74) is 1.94. The molecule has 0 aliphatic carbocycles. The van der Waals surface area contributed by atoms with Gasteiger partial charge in [-0.1, -0.05) is 34.8 Å². The zero-order valence-corrected chi connectivity index (χ0v) is 12.7. The van der Waals surface area contributed by atoms with Crippen LogP contribution in [0, 0.1) is 10.1 Å². The first-order valence-corrected chi connectivity index (χ1v) is 7.85. The van der Waals surface area contributed by atoms with E-state index in [0.717, 1.165) is 30.6 Å². The van der Waals surface area contributed by atoms with Crippen LogP contribution in [0.3, 0.4) is 0 Å². The van der Waals surface area contributed by atoms with Crippen molar-refractivity contribution < 1.29 is 4.92 Å². The first-order valence-electron chi connectivity index (χ1n) is 6.73. The maximum Gasteiger partial charge on any atom is 0.292 e. The molecule has 1 saturated heterocycles. The van der Waals surface area contributed by atoms with E-state index in [1.165, 1.54) is 12.8 Å². The van der Waals surface area contributed by atoms with Crippen molar-refractivity contribution >= 4 is 27.3 Å². The molecule has 1 aromatic carbocycles. The van der Waals surface area contributed by atoms with Crippen LogP contribution >= 0.6 is 15.9 Å². The van der Waals surface area contributed by atoms with E-state index in [4.69, 9.17) is 0 Å². The number of hydrogen-bond donors (Lipinski definition) is 0. The second-order valence-electron chi connectivity index (χ2n) is 5.11. The predicted molar refractivity (Wildman–Crippen MR) is 81.0 cm³/mol. The van der Waals surface area contributed by atoms with Gasteiger partial charge < -0.3 is 4.90 Å². The molecule has 5 heteroatoms. The number of nitrogens with zero attached hydrogens (tertiary/aromatic N) is 2. The number of benzene rings is 1. The van der Waals surface area contributed by atoms with Crippen molar-refractivity contribution in [1.29, 1.82) is 0 Å². The first-order chi connectivity index (χ1) is 9.13. The molecule has 104 valence electrons. The summed E-state index contributed by atoms with van der Waals surface area (Å²) in [4.78, 5) is 13.2. The van der Waals surface area contributed by atoms with Crippen molar-refractivity contribution in [3.8, 4) is 0 Å². The molecule has 2 rings (SSSR count). The Bertz CT molecular complexity index is 465. The topological polar surface area (TPSA) is 46.4 Å². The van der Waals surface area contributed by atoms with Crippen molar-refractivity contribution in [2.75, 3.05) is 11.4 Å². The second-order valence-corrected chi connectivity index (χ2v) is 5.67. The fraction of sp³-hybridized carbons (Fsp3) is 0.571. The van der Waals surface area contributed by atoms with Crippen molar-refractivity contribution in [3.63, 3.8) is 0 Å². The highest BCUT2D eigenvalue weighted by atomic mass is 79.9. The molecule has 1 heterocycles. The summed E-state index contributed by atoms with van der Waals surface area (Å²) >= 11 is 3.35. The monoisotopic (exact) mass is 326 g/mol. The van der Waals surface area contributed by atoms with Gasteiger partial charge in [-0.15, -0.1) is 0 Å². The summed E-state index contributed by atoms with van der Waals surface area (Å²) in [7, 11) is 0. The van der Waals surface area contributed by atoms with E-state index < -0.39 is 0 Å². The fourth-order valence-corrected chi connectivity index (χ4v) is 3.02. The SMILES string of the molecule is CC1CCCCCN1c1ccc(CBr)cc1[N+](=O)[O-]. The van der Waals surface area contributed by atoms with Crippen LogP contribution in [-0.2, 0) is 5.33 Å². The molecule has 1 fully saturated rings. The molecule has 0 bridgehead atoms. The minimum atomic E-state index is -0.265. The van der Waals surface area contributed by atoms with E-state index in [1.54, 1.807) is 6.07 Å².